The molecule has 80 valence electrons. The van der Waals surface area contributed by atoms with Gasteiger partial charge in [-0.3, -0.25) is 9.78 Å². The number of carbonyl (C=O) groups is 1. The fourth-order valence-electron chi connectivity index (χ4n) is 1.61. The molecule has 1 heterocycles. The van der Waals surface area contributed by atoms with Crippen molar-refractivity contribution in [2.24, 2.45) is 0 Å². The van der Waals surface area contributed by atoms with Gasteiger partial charge in [0.15, 0.2) is 6.29 Å². The van der Waals surface area contributed by atoms with E-state index in [-0.39, 0.29) is 0 Å². The maximum absolute atomic E-state index is 11.0. The van der Waals surface area contributed by atoms with Crippen LogP contribution >= 0.6 is 11.6 Å². The third-order valence-electron chi connectivity index (χ3n) is 2.35. The molecule has 0 amide bonds. The highest BCUT2D eigenvalue weighted by Gasteiger charge is 2.05. The number of hydrogen-bond acceptors (Lipinski definition) is 2. The van der Waals surface area contributed by atoms with Gasteiger partial charge < -0.3 is 0 Å². The summed E-state index contributed by atoms with van der Waals surface area (Å²) >= 11 is 5.84. The zero-order chi connectivity index (χ0) is 11.5. The molecule has 0 saturated carbocycles. The largest absolute Gasteiger partial charge is 0.298 e. The molecule has 2 rings (SSSR count). The zero-order valence-electron chi connectivity index (χ0n) is 8.77. The molecule has 0 aliphatic rings. The first-order valence-electron chi connectivity index (χ1n) is 4.88. The molecular formula is C13H10ClNO. The average molecular weight is 232 g/mol. The van der Waals surface area contributed by atoms with Crippen LogP contribution in [-0.4, -0.2) is 11.3 Å². The Morgan fingerprint density at radius 1 is 1.25 bits per heavy atom. The fourth-order valence-corrected chi connectivity index (χ4v) is 1.79. The van der Waals surface area contributed by atoms with Crippen molar-refractivity contribution in [1.82, 2.24) is 4.98 Å². The standard InChI is InChI=1S/C13H10ClNO/c1-9-6-10(4-5-15-9)13-3-2-12(14)7-11(13)8-16/h2-8H,1H3. The van der Waals surface area contributed by atoms with E-state index in [2.05, 4.69) is 4.98 Å². The maximum Gasteiger partial charge on any atom is 0.150 e. The molecular weight excluding hydrogens is 222 g/mol. The number of rotatable bonds is 2. The summed E-state index contributed by atoms with van der Waals surface area (Å²) in [7, 11) is 0. The topological polar surface area (TPSA) is 30.0 Å². The van der Waals surface area contributed by atoms with Crippen LogP contribution in [0.4, 0.5) is 0 Å². The molecule has 0 unspecified atom stereocenters. The van der Waals surface area contributed by atoms with Crippen molar-refractivity contribution in [1.29, 1.82) is 0 Å². The Kier molecular flexibility index (Phi) is 3.02. The summed E-state index contributed by atoms with van der Waals surface area (Å²) < 4.78 is 0. The SMILES string of the molecule is Cc1cc(-c2ccc(Cl)cc2C=O)ccn1. The Labute approximate surface area is 98.9 Å². The zero-order valence-corrected chi connectivity index (χ0v) is 9.53. The van der Waals surface area contributed by atoms with Crippen LogP contribution in [0.25, 0.3) is 11.1 Å². The fraction of sp³-hybridized carbons (Fsp3) is 0.0769. The molecule has 0 fully saturated rings. The lowest BCUT2D eigenvalue weighted by Gasteiger charge is -2.05. The molecule has 0 saturated heterocycles. The lowest BCUT2D eigenvalue weighted by molar-refractivity contribution is 0.112. The van der Waals surface area contributed by atoms with Crippen LogP contribution in [0, 0.1) is 6.92 Å². The molecule has 0 bridgehead atoms. The second-order valence-corrected chi connectivity index (χ2v) is 3.97. The monoisotopic (exact) mass is 231 g/mol. The number of carbonyl (C=O) groups excluding carboxylic acids is 1. The molecule has 2 aromatic rings. The van der Waals surface area contributed by atoms with Gasteiger partial charge in [-0.25, -0.2) is 0 Å². The van der Waals surface area contributed by atoms with E-state index in [0.29, 0.717) is 10.6 Å². The minimum absolute atomic E-state index is 0.566. The van der Waals surface area contributed by atoms with Crippen LogP contribution in [0.2, 0.25) is 5.02 Å². The second kappa shape index (κ2) is 4.45. The predicted molar refractivity (Wildman–Crippen MR) is 64.8 cm³/mol. The summed E-state index contributed by atoms with van der Waals surface area (Å²) in [4.78, 5) is 15.1. The van der Waals surface area contributed by atoms with Crippen LogP contribution < -0.4 is 0 Å². The molecule has 16 heavy (non-hydrogen) atoms. The number of benzene rings is 1. The van der Waals surface area contributed by atoms with Crippen LogP contribution in [-0.2, 0) is 0 Å². The number of pyridine rings is 1. The van der Waals surface area contributed by atoms with Crippen molar-refractivity contribution < 1.29 is 4.79 Å². The maximum atomic E-state index is 11.0. The van der Waals surface area contributed by atoms with Gasteiger partial charge in [0.05, 0.1) is 0 Å². The van der Waals surface area contributed by atoms with E-state index >= 15 is 0 Å². The van der Waals surface area contributed by atoms with Crippen molar-refractivity contribution in [3.63, 3.8) is 0 Å². The van der Waals surface area contributed by atoms with Crippen molar-refractivity contribution in [2.75, 3.05) is 0 Å². The Balaban J connectivity index is 2.59. The lowest BCUT2D eigenvalue weighted by atomic mass is 10.0. The molecule has 2 nitrogen and oxygen atoms in total. The number of nitrogens with zero attached hydrogens (tertiary/aromatic N) is 1. The van der Waals surface area contributed by atoms with Gasteiger partial charge in [-0.1, -0.05) is 17.7 Å². The van der Waals surface area contributed by atoms with Crippen LogP contribution in [0.5, 0.6) is 0 Å². The van der Waals surface area contributed by atoms with Gasteiger partial charge in [-0.15, -0.1) is 0 Å². The van der Waals surface area contributed by atoms with Gasteiger partial charge in [0.25, 0.3) is 0 Å². The highest BCUT2D eigenvalue weighted by Crippen LogP contribution is 2.25. The average Bonchev–Trinajstić information content (AvgIpc) is 2.28. The van der Waals surface area contributed by atoms with Crippen molar-refractivity contribution in [3.8, 4) is 11.1 Å². The number of aromatic nitrogens is 1. The third-order valence-corrected chi connectivity index (χ3v) is 2.58. The summed E-state index contributed by atoms with van der Waals surface area (Å²) in [5.41, 5.74) is 3.37. The molecule has 0 radical (unpaired) electrons. The molecule has 0 N–H and O–H groups in total. The van der Waals surface area contributed by atoms with Crippen molar-refractivity contribution in [2.45, 2.75) is 6.92 Å². The van der Waals surface area contributed by atoms with Crippen LogP contribution in [0.15, 0.2) is 36.5 Å². The van der Waals surface area contributed by atoms with Crippen LogP contribution in [0.1, 0.15) is 16.1 Å². The molecule has 1 aromatic heterocycles. The lowest BCUT2D eigenvalue weighted by Crippen LogP contribution is -1.89. The number of halogens is 1. The molecule has 0 spiro atoms. The summed E-state index contributed by atoms with van der Waals surface area (Å²) in [6.07, 6.45) is 2.55. The summed E-state index contributed by atoms with van der Waals surface area (Å²) in [6.45, 7) is 1.92. The van der Waals surface area contributed by atoms with Crippen LogP contribution in [0.3, 0.4) is 0 Å². The van der Waals surface area contributed by atoms with Crippen molar-refractivity contribution >= 4 is 17.9 Å². The first-order chi connectivity index (χ1) is 7.70. The Morgan fingerprint density at radius 3 is 2.75 bits per heavy atom. The van der Waals surface area contributed by atoms with Crippen molar-refractivity contribution in [3.05, 3.63) is 52.8 Å². The van der Waals surface area contributed by atoms with E-state index in [9.17, 15) is 4.79 Å². The van der Waals surface area contributed by atoms with Gasteiger partial charge in [-0.2, -0.15) is 0 Å². The van der Waals surface area contributed by atoms with Gasteiger partial charge >= 0.3 is 0 Å². The summed E-state index contributed by atoms with van der Waals surface area (Å²) in [6, 6.07) is 9.11. The number of hydrogen-bond donors (Lipinski definition) is 0. The van der Waals surface area contributed by atoms with Gasteiger partial charge in [0.2, 0.25) is 0 Å². The molecule has 1 aromatic carbocycles. The molecule has 0 aliphatic heterocycles. The molecule has 3 heteroatoms. The highest BCUT2D eigenvalue weighted by atomic mass is 35.5. The quantitative estimate of drug-likeness (QED) is 0.741. The minimum Gasteiger partial charge on any atom is -0.298 e. The van der Waals surface area contributed by atoms with E-state index in [0.717, 1.165) is 23.1 Å². The number of aldehydes is 1. The van der Waals surface area contributed by atoms with Gasteiger partial charge in [-0.05, 0) is 42.3 Å². The minimum atomic E-state index is 0.566. The molecule has 0 atom stereocenters. The number of aryl methyl sites for hydroxylation is 1. The van der Waals surface area contributed by atoms with E-state index in [4.69, 9.17) is 11.6 Å². The first-order valence-corrected chi connectivity index (χ1v) is 5.26. The Bertz CT molecular complexity index is 537. The Morgan fingerprint density at radius 2 is 2.06 bits per heavy atom. The summed E-state index contributed by atoms with van der Waals surface area (Å²) in [5, 5.41) is 0.566. The smallest absolute Gasteiger partial charge is 0.150 e. The van der Waals surface area contributed by atoms with E-state index in [1.165, 1.54) is 0 Å². The first kappa shape index (κ1) is 10.8. The summed E-state index contributed by atoms with van der Waals surface area (Å²) in [5.74, 6) is 0. The molecule has 0 aliphatic carbocycles. The van der Waals surface area contributed by atoms with Gasteiger partial charge in [0, 0.05) is 22.5 Å². The third kappa shape index (κ3) is 2.12. The van der Waals surface area contributed by atoms with Gasteiger partial charge in [0.1, 0.15) is 0 Å². The van der Waals surface area contributed by atoms with E-state index in [1.54, 1.807) is 18.3 Å². The second-order valence-electron chi connectivity index (χ2n) is 3.54. The predicted octanol–water partition coefficient (Wildman–Crippen LogP) is 3.52. The van der Waals surface area contributed by atoms with E-state index in [1.807, 2.05) is 25.1 Å². The highest BCUT2D eigenvalue weighted by molar-refractivity contribution is 6.31. The Hall–Kier alpha value is -1.67. The normalized spacial score (nSPS) is 10.1. The van der Waals surface area contributed by atoms with E-state index < -0.39 is 0 Å².